The van der Waals surface area contributed by atoms with Crippen LogP contribution < -0.4 is 4.74 Å². The highest BCUT2D eigenvalue weighted by molar-refractivity contribution is 5.84. The zero-order valence-electron chi connectivity index (χ0n) is 15.2. The van der Waals surface area contributed by atoms with Crippen molar-refractivity contribution < 1.29 is 19.2 Å². The number of hydrogen-bond acceptors (Lipinski definition) is 5. The zero-order chi connectivity index (χ0) is 18.9. The summed E-state index contributed by atoms with van der Waals surface area (Å²) in [5.41, 5.74) is -0.349. The second kappa shape index (κ2) is 7.04. The van der Waals surface area contributed by atoms with E-state index in [9.17, 15) is 9.90 Å². The first-order chi connectivity index (χ1) is 13.0. The van der Waals surface area contributed by atoms with Crippen molar-refractivity contribution in [3.05, 3.63) is 60.0 Å². The predicted octanol–water partition coefficient (Wildman–Crippen LogP) is 3.63. The highest BCUT2D eigenvalue weighted by atomic mass is 16.5. The van der Waals surface area contributed by atoms with Crippen molar-refractivity contribution in [1.82, 2.24) is 10.1 Å². The summed E-state index contributed by atoms with van der Waals surface area (Å²) in [5.74, 6) is 0.479. The van der Waals surface area contributed by atoms with Gasteiger partial charge in [-0.3, -0.25) is 4.90 Å². The molecule has 1 N–H and O–H groups in total. The Morgan fingerprint density at radius 3 is 2.59 bits per heavy atom. The molecule has 0 unspecified atom stereocenters. The number of aromatic nitrogens is 1. The van der Waals surface area contributed by atoms with Gasteiger partial charge >= 0.3 is 5.97 Å². The first-order valence-electron chi connectivity index (χ1n) is 9.10. The minimum absolute atomic E-state index is 0.419. The van der Waals surface area contributed by atoms with Crippen molar-refractivity contribution in [2.24, 2.45) is 0 Å². The summed E-state index contributed by atoms with van der Waals surface area (Å²) in [7, 11) is 0. The van der Waals surface area contributed by atoms with Crippen LogP contribution >= 0.6 is 0 Å². The Morgan fingerprint density at radius 2 is 1.93 bits per heavy atom. The van der Waals surface area contributed by atoms with Crippen LogP contribution in [0.25, 0.3) is 10.8 Å². The molecule has 1 aliphatic heterocycles. The molecule has 0 saturated carbocycles. The largest absolute Gasteiger partial charge is 0.478 e. The summed E-state index contributed by atoms with van der Waals surface area (Å²) in [5, 5.41) is 15.9. The number of ether oxygens (including phenoxy) is 1. The summed E-state index contributed by atoms with van der Waals surface area (Å²) in [6.07, 6.45) is 0.838. The topological polar surface area (TPSA) is 75.8 Å². The van der Waals surface area contributed by atoms with E-state index in [4.69, 9.17) is 9.26 Å². The number of carbonyl (C=O) groups is 1. The molecule has 0 aliphatic carbocycles. The Hall–Kier alpha value is -2.86. The Kier molecular flexibility index (Phi) is 4.58. The summed E-state index contributed by atoms with van der Waals surface area (Å²) in [6, 6.07) is 15.6. The molecule has 1 aromatic heterocycles. The fourth-order valence-electron chi connectivity index (χ4n) is 3.60. The fraction of sp³-hybridized carbons (Fsp3) is 0.333. The minimum atomic E-state index is -1.20. The van der Waals surface area contributed by atoms with Crippen molar-refractivity contribution in [2.75, 3.05) is 13.1 Å². The van der Waals surface area contributed by atoms with E-state index in [1.54, 1.807) is 0 Å². The molecular formula is C21H22N2O4. The van der Waals surface area contributed by atoms with Crippen LogP contribution in [0.15, 0.2) is 53.1 Å². The van der Waals surface area contributed by atoms with E-state index >= 15 is 0 Å². The number of nitrogens with zero attached hydrogens (tertiary/aromatic N) is 2. The maximum absolute atomic E-state index is 12.0. The molecule has 0 spiro atoms. The maximum Gasteiger partial charge on any atom is 0.348 e. The number of likely N-dealkylation sites (tertiary alicyclic amines) is 1. The smallest absolute Gasteiger partial charge is 0.348 e. The fourth-order valence-corrected chi connectivity index (χ4v) is 3.60. The number of aliphatic carboxylic acids is 1. The molecule has 140 valence electrons. The molecule has 27 heavy (non-hydrogen) atoms. The van der Waals surface area contributed by atoms with Gasteiger partial charge in [0.2, 0.25) is 5.60 Å². The lowest BCUT2D eigenvalue weighted by atomic mass is 9.91. The first kappa shape index (κ1) is 17.5. The molecule has 2 aromatic carbocycles. The van der Waals surface area contributed by atoms with Gasteiger partial charge in [0.15, 0.2) is 5.76 Å². The van der Waals surface area contributed by atoms with E-state index in [0.717, 1.165) is 22.2 Å². The van der Waals surface area contributed by atoms with Crippen LogP contribution in [0, 0.1) is 6.92 Å². The van der Waals surface area contributed by atoms with Gasteiger partial charge in [0.25, 0.3) is 0 Å². The number of hydrogen-bond donors (Lipinski definition) is 1. The molecule has 1 saturated heterocycles. The monoisotopic (exact) mass is 366 g/mol. The SMILES string of the molecule is Cc1cc(CN2CCC(Oc3ccc4ccccc4c3)(C(=O)O)CC2)on1. The van der Waals surface area contributed by atoms with Crippen LogP contribution in [0.2, 0.25) is 0 Å². The standard InChI is InChI=1S/C21H22N2O4/c1-15-12-19(27-22-15)14-23-10-8-21(9-11-23,20(24)25)26-18-7-6-16-4-2-3-5-17(16)13-18/h2-7,12-13H,8-11,14H2,1H3,(H,24,25). The lowest BCUT2D eigenvalue weighted by Crippen LogP contribution is -2.53. The number of rotatable bonds is 5. The molecule has 6 nitrogen and oxygen atoms in total. The van der Waals surface area contributed by atoms with Gasteiger partial charge in [0, 0.05) is 32.0 Å². The van der Waals surface area contributed by atoms with Crippen LogP contribution in [0.3, 0.4) is 0 Å². The van der Waals surface area contributed by atoms with Gasteiger partial charge in [-0.1, -0.05) is 35.5 Å². The zero-order valence-corrected chi connectivity index (χ0v) is 15.2. The van der Waals surface area contributed by atoms with Crippen LogP contribution in [-0.4, -0.2) is 39.8 Å². The third-order valence-corrected chi connectivity index (χ3v) is 5.14. The van der Waals surface area contributed by atoms with Crippen LogP contribution in [0.4, 0.5) is 0 Å². The van der Waals surface area contributed by atoms with E-state index in [1.807, 2.05) is 55.5 Å². The minimum Gasteiger partial charge on any atom is -0.478 e. The van der Waals surface area contributed by atoms with Crippen molar-refractivity contribution in [3.63, 3.8) is 0 Å². The second-order valence-corrected chi connectivity index (χ2v) is 7.12. The van der Waals surface area contributed by atoms with E-state index in [1.165, 1.54) is 0 Å². The lowest BCUT2D eigenvalue weighted by molar-refractivity contribution is -0.160. The quantitative estimate of drug-likeness (QED) is 0.743. The lowest BCUT2D eigenvalue weighted by Gasteiger charge is -2.38. The highest BCUT2D eigenvalue weighted by Gasteiger charge is 2.44. The molecule has 4 rings (SSSR count). The van der Waals surface area contributed by atoms with Crippen molar-refractivity contribution in [3.8, 4) is 5.75 Å². The van der Waals surface area contributed by atoms with Crippen molar-refractivity contribution in [2.45, 2.75) is 31.9 Å². The van der Waals surface area contributed by atoms with Crippen LogP contribution in [-0.2, 0) is 11.3 Å². The van der Waals surface area contributed by atoms with Gasteiger partial charge < -0.3 is 14.4 Å². The number of carboxylic acid groups (broad SMARTS) is 1. The van der Waals surface area contributed by atoms with Crippen LogP contribution in [0.1, 0.15) is 24.3 Å². The maximum atomic E-state index is 12.0. The van der Waals surface area contributed by atoms with Gasteiger partial charge in [-0.2, -0.15) is 0 Å². The Balaban J connectivity index is 1.48. The van der Waals surface area contributed by atoms with E-state index in [2.05, 4.69) is 10.1 Å². The number of aryl methyl sites for hydroxylation is 1. The molecule has 1 fully saturated rings. The summed E-state index contributed by atoms with van der Waals surface area (Å²) in [4.78, 5) is 14.2. The third-order valence-electron chi connectivity index (χ3n) is 5.14. The second-order valence-electron chi connectivity index (χ2n) is 7.12. The number of benzene rings is 2. The normalized spacial score (nSPS) is 17.1. The van der Waals surface area contributed by atoms with Gasteiger partial charge in [0.1, 0.15) is 5.75 Å². The molecule has 2 heterocycles. The van der Waals surface area contributed by atoms with Crippen molar-refractivity contribution >= 4 is 16.7 Å². The molecule has 1 aliphatic rings. The van der Waals surface area contributed by atoms with E-state index in [-0.39, 0.29) is 0 Å². The first-order valence-corrected chi connectivity index (χ1v) is 9.10. The molecule has 6 heteroatoms. The average Bonchev–Trinajstić information content (AvgIpc) is 3.08. The highest BCUT2D eigenvalue weighted by Crippen LogP contribution is 2.31. The summed E-state index contributed by atoms with van der Waals surface area (Å²) >= 11 is 0. The third kappa shape index (κ3) is 3.66. The summed E-state index contributed by atoms with van der Waals surface area (Å²) in [6.45, 7) is 3.77. The molecule has 0 radical (unpaired) electrons. The number of fused-ring (bicyclic) bond motifs is 1. The predicted molar refractivity (Wildman–Crippen MR) is 101 cm³/mol. The Labute approximate surface area is 157 Å². The molecule has 3 aromatic rings. The molecule has 0 bridgehead atoms. The van der Waals surface area contributed by atoms with Gasteiger partial charge in [0.05, 0.1) is 12.2 Å². The van der Waals surface area contributed by atoms with Gasteiger partial charge in [-0.15, -0.1) is 0 Å². The number of piperidine rings is 1. The number of carboxylic acids is 1. The van der Waals surface area contributed by atoms with Gasteiger partial charge in [-0.25, -0.2) is 4.79 Å². The van der Waals surface area contributed by atoms with Gasteiger partial charge in [-0.05, 0) is 29.8 Å². The summed E-state index contributed by atoms with van der Waals surface area (Å²) < 4.78 is 11.3. The molecule has 0 amide bonds. The molecule has 0 atom stereocenters. The van der Waals surface area contributed by atoms with E-state index < -0.39 is 11.6 Å². The Bertz CT molecular complexity index is 957. The van der Waals surface area contributed by atoms with E-state index in [0.29, 0.717) is 38.2 Å². The molecular weight excluding hydrogens is 344 g/mol. The average molecular weight is 366 g/mol. The van der Waals surface area contributed by atoms with Crippen molar-refractivity contribution in [1.29, 1.82) is 0 Å². The Morgan fingerprint density at radius 1 is 1.19 bits per heavy atom. The van der Waals surface area contributed by atoms with Crippen LogP contribution in [0.5, 0.6) is 5.75 Å².